The molecule has 0 unspecified atom stereocenters. The van der Waals surface area contributed by atoms with E-state index in [4.69, 9.17) is 17.0 Å². The molecule has 1 heterocycles. The molecule has 1 aromatic carbocycles. The van der Waals surface area contributed by atoms with Crippen molar-refractivity contribution in [3.8, 4) is 5.75 Å². The summed E-state index contributed by atoms with van der Waals surface area (Å²) in [7, 11) is 1.87. The minimum Gasteiger partial charge on any atom is -0.492 e. The first kappa shape index (κ1) is 13.6. The number of hydrogen-bond acceptors (Lipinski definition) is 5. The average Bonchev–Trinajstić information content (AvgIpc) is 2.66. The second-order valence-electron chi connectivity index (χ2n) is 3.72. The SMILES string of the molecule is Cc1ccccc1OCCSc1nn(C)c(=S)s1. The lowest BCUT2D eigenvalue weighted by Crippen LogP contribution is -2.01. The van der Waals surface area contributed by atoms with E-state index in [-0.39, 0.29) is 0 Å². The lowest BCUT2D eigenvalue weighted by molar-refractivity contribution is 0.341. The summed E-state index contributed by atoms with van der Waals surface area (Å²) in [6.45, 7) is 2.72. The van der Waals surface area contributed by atoms with Gasteiger partial charge in [-0.15, -0.1) is 0 Å². The Morgan fingerprint density at radius 1 is 1.44 bits per heavy atom. The lowest BCUT2D eigenvalue weighted by atomic mass is 10.2. The molecular weight excluding hydrogens is 284 g/mol. The van der Waals surface area contributed by atoms with E-state index in [0.717, 1.165) is 25.4 Å². The van der Waals surface area contributed by atoms with Crippen molar-refractivity contribution >= 4 is 35.3 Å². The molecule has 2 rings (SSSR count). The van der Waals surface area contributed by atoms with Crippen molar-refractivity contribution in [1.29, 1.82) is 0 Å². The molecule has 0 saturated carbocycles. The van der Waals surface area contributed by atoms with E-state index in [2.05, 4.69) is 5.10 Å². The van der Waals surface area contributed by atoms with Crippen LogP contribution in [0.15, 0.2) is 28.6 Å². The average molecular weight is 298 g/mol. The molecule has 2 aromatic rings. The van der Waals surface area contributed by atoms with Gasteiger partial charge in [-0.25, -0.2) is 4.68 Å². The van der Waals surface area contributed by atoms with Gasteiger partial charge in [0, 0.05) is 12.8 Å². The standard InChI is InChI=1S/C12H14N2OS3/c1-9-5-3-4-6-10(9)15-7-8-17-11-13-14(2)12(16)18-11/h3-6H,7-8H2,1-2H3. The predicted molar refractivity (Wildman–Crippen MR) is 79.3 cm³/mol. The number of nitrogens with zero attached hydrogens (tertiary/aromatic N) is 2. The van der Waals surface area contributed by atoms with Gasteiger partial charge >= 0.3 is 0 Å². The Morgan fingerprint density at radius 3 is 2.89 bits per heavy atom. The third-order valence-corrected chi connectivity index (χ3v) is 4.84. The van der Waals surface area contributed by atoms with Crippen molar-refractivity contribution in [1.82, 2.24) is 9.78 Å². The van der Waals surface area contributed by atoms with Gasteiger partial charge in [0.2, 0.25) is 0 Å². The largest absolute Gasteiger partial charge is 0.492 e. The van der Waals surface area contributed by atoms with Gasteiger partial charge in [0.05, 0.1) is 6.61 Å². The molecule has 3 nitrogen and oxygen atoms in total. The number of benzene rings is 1. The monoisotopic (exact) mass is 298 g/mol. The third kappa shape index (κ3) is 3.57. The quantitative estimate of drug-likeness (QED) is 0.478. The van der Waals surface area contributed by atoms with Crippen molar-refractivity contribution in [2.75, 3.05) is 12.4 Å². The van der Waals surface area contributed by atoms with Gasteiger partial charge in [-0.3, -0.25) is 0 Å². The Kier molecular flexibility index (Phi) is 4.79. The predicted octanol–water partition coefficient (Wildman–Crippen LogP) is 3.69. The van der Waals surface area contributed by atoms with Gasteiger partial charge in [-0.2, -0.15) is 5.10 Å². The Balaban J connectivity index is 1.80. The number of aromatic nitrogens is 2. The molecule has 0 amide bonds. The van der Waals surface area contributed by atoms with Crippen LogP contribution in [0.25, 0.3) is 0 Å². The zero-order chi connectivity index (χ0) is 13.0. The summed E-state index contributed by atoms with van der Waals surface area (Å²) in [4.78, 5) is 0. The van der Waals surface area contributed by atoms with E-state index < -0.39 is 0 Å². The molecule has 0 aliphatic heterocycles. The van der Waals surface area contributed by atoms with Crippen LogP contribution in [0.2, 0.25) is 0 Å². The fraction of sp³-hybridized carbons (Fsp3) is 0.333. The molecule has 96 valence electrons. The van der Waals surface area contributed by atoms with E-state index in [9.17, 15) is 0 Å². The molecule has 0 aliphatic rings. The van der Waals surface area contributed by atoms with Crippen LogP contribution in [-0.4, -0.2) is 22.1 Å². The van der Waals surface area contributed by atoms with E-state index in [1.807, 2.05) is 38.2 Å². The van der Waals surface area contributed by atoms with Crippen molar-refractivity contribution in [2.45, 2.75) is 11.3 Å². The highest BCUT2D eigenvalue weighted by Gasteiger charge is 2.02. The summed E-state index contributed by atoms with van der Waals surface area (Å²) in [6, 6.07) is 8.04. The maximum atomic E-state index is 5.72. The van der Waals surface area contributed by atoms with Gasteiger partial charge < -0.3 is 4.74 Å². The minimum absolute atomic E-state index is 0.672. The molecule has 0 fully saturated rings. The zero-order valence-electron chi connectivity index (χ0n) is 10.3. The number of rotatable bonds is 5. The van der Waals surface area contributed by atoms with Crippen molar-refractivity contribution in [3.05, 3.63) is 33.8 Å². The smallest absolute Gasteiger partial charge is 0.179 e. The first-order chi connectivity index (χ1) is 8.66. The Morgan fingerprint density at radius 2 is 2.22 bits per heavy atom. The normalized spacial score (nSPS) is 10.6. The van der Waals surface area contributed by atoms with E-state index >= 15 is 0 Å². The molecule has 0 radical (unpaired) electrons. The summed E-state index contributed by atoms with van der Waals surface area (Å²) in [6.07, 6.45) is 0. The number of ether oxygens (including phenoxy) is 1. The molecule has 0 aliphatic carbocycles. The molecule has 0 saturated heterocycles. The van der Waals surface area contributed by atoms with Crippen molar-refractivity contribution < 1.29 is 4.74 Å². The zero-order valence-corrected chi connectivity index (χ0v) is 12.7. The van der Waals surface area contributed by atoms with Crippen molar-refractivity contribution in [3.63, 3.8) is 0 Å². The van der Waals surface area contributed by atoms with Crippen LogP contribution in [0, 0.1) is 10.9 Å². The van der Waals surface area contributed by atoms with Gasteiger partial charge in [-0.1, -0.05) is 41.3 Å². The molecule has 6 heteroatoms. The topological polar surface area (TPSA) is 27.1 Å². The second kappa shape index (κ2) is 6.36. The van der Waals surface area contributed by atoms with Crippen LogP contribution >= 0.6 is 35.3 Å². The van der Waals surface area contributed by atoms with Crippen LogP contribution in [0.5, 0.6) is 5.75 Å². The molecule has 18 heavy (non-hydrogen) atoms. The molecule has 0 N–H and O–H groups in total. The summed E-state index contributed by atoms with van der Waals surface area (Å²) in [5.74, 6) is 1.82. The van der Waals surface area contributed by atoms with Gasteiger partial charge in [0.1, 0.15) is 5.75 Å². The molecular formula is C12H14N2OS3. The first-order valence-corrected chi connectivity index (χ1v) is 7.73. The number of aryl methyl sites for hydroxylation is 2. The van der Waals surface area contributed by atoms with E-state index in [0.29, 0.717) is 6.61 Å². The van der Waals surface area contributed by atoms with Crippen LogP contribution < -0.4 is 4.74 Å². The molecule has 0 spiro atoms. The third-order valence-electron chi connectivity index (χ3n) is 2.33. The molecule has 1 aromatic heterocycles. The fourth-order valence-corrected chi connectivity index (χ4v) is 3.55. The number of para-hydroxylation sites is 1. The summed E-state index contributed by atoms with van der Waals surface area (Å²) < 4.78 is 9.24. The fourth-order valence-electron chi connectivity index (χ4n) is 1.38. The maximum absolute atomic E-state index is 5.72. The number of thioether (sulfide) groups is 1. The Labute approximate surface area is 120 Å². The summed E-state index contributed by atoms with van der Waals surface area (Å²) >= 11 is 8.33. The van der Waals surface area contributed by atoms with Gasteiger partial charge in [0.15, 0.2) is 8.29 Å². The highest BCUT2D eigenvalue weighted by Crippen LogP contribution is 2.22. The van der Waals surface area contributed by atoms with Crippen LogP contribution in [0.3, 0.4) is 0 Å². The minimum atomic E-state index is 0.672. The van der Waals surface area contributed by atoms with Crippen LogP contribution in [-0.2, 0) is 7.05 Å². The second-order valence-corrected chi connectivity index (χ2v) is 6.68. The summed E-state index contributed by atoms with van der Waals surface area (Å²) in [5, 5.41) is 4.31. The van der Waals surface area contributed by atoms with E-state index in [1.165, 1.54) is 11.3 Å². The Bertz CT molecular complexity index is 577. The highest BCUT2D eigenvalue weighted by atomic mass is 32.2. The van der Waals surface area contributed by atoms with Crippen LogP contribution in [0.4, 0.5) is 0 Å². The lowest BCUT2D eigenvalue weighted by Gasteiger charge is -2.07. The molecule has 0 atom stereocenters. The number of hydrogen-bond donors (Lipinski definition) is 0. The van der Waals surface area contributed by atoms with E-state index in [1.54, 1.807) is 16.4 Å². The maximum Gasteiger partial charge on any atom is 0.179 e. The van der Waals surface area contributed by atoms with Gasteiger partial charge in [-0.05, 0) is 30.8 Å². The van der Waals surface area contributed by atoms with Crippen molar-refractivity contribution in [2.24, 2.45) is 7.05 Å². The Hall–Kier alpha value is -0.850. The van der Waals surface area contributed by atoms with Crippen LogP contribution in [0.1, 0.15) is 5.56 Å². The highest BCUT2D eigenvalue weighted by molar-refractivity contribution is 8.01. The first-order valence-electron chi connectivity index (χ1n) is 5.52. The van der Waals surface area contributed by atoms with Gasteiger partial charge in [0.25, 0.3) is 0 Å². The molecule has 0 bridgehead atoms. The summed E-state index contributed by atoms with van der Waals surface area (Å²) in [5.41, 5.74) is 1.16.